The Morgan fingerprint density at radius 2 is 1.70 bits per heavy atom. The Balaban J connectivity index is 2.25. The van der Waals surface area contributed by atoms with Crippen LogP contribution in [-0.2, 0) is 4.79 Å². The van der Waals surface area contributed by atoms with Crippen molar-refractivity contribution in [2.75, 3.05) is 0 Å². The fourth-order valence-electron chi connectivity index (χ4n) is 1.59. The monoisotopic (exact) mass is 287 g/mol. The molecule has 2 aromatic rings. The second-order valence-corrected chi connectivity index (χ2v) is 4.78. The summed E-state index contributed by atoms with van der Waals surface area (Å²) in [6.45, 7) is 1.99. The molecular formula is C16H14ClNO2. The Morgan fingerprint density at radius 1 is 1.10 bits per heavy atom. The number of ether oxygens (including phenoxy) is 1. The number of primary amides is 1. The quantitative estimate of drug-likeness (QED) is 0.690. The molecule has 0 aliphatic rings. The highest BCUT2D eigenvalue weighted by molar-refractivity contribution is 6.30. The fraction of sp³-hybridized carbons (Fsp3) is 0.0625. The van der Waals surface area contributed by atoms with E-state index in [0.29, 0.717) is 10.8 Å². The SMILES string of the molecule is Cc1ccc(/C=C(\Oc2ccc(Cl)cc2)C(N)=O)cc1. The standard InChI is InChI=1S/C16H14ClNO2/c1-11-2-4-12(5-3-11)10-15(16(18)19)20-14-8-6-13(17)7-9-14/h2-10H,1H3,(H2,18,19)/b15-10-. The van der Waals surface area contributed by atoms with E-state index in [4.69, 9.17) is 22.1 Å². The van der Waals surface area contributed by atoms with Gasteiger partial charge in [-0.05, 0) is 42.8 Å². The van der Waals surface area contributed by atoms with Gasteiger partial charge in [-0.3, -0.25) is 4.79 Å². The predicted molar refractivity (Wildman–Crippen MR) is 80.4 cm³/mol. The van der Waals surface area contributed by atoms with Crippen molar-refractivity contribution in [1.82, 2.24) is 0 Å². The molecule has 0 heterocycles. The van der Waals surface area contributed by atoms with Crippen molar-refractivity contribution >= 4 is 23.6 Å². The predicted octanol–water partition coefficient (Wildman–Crippen LogP) is 3.55. The summed E-state index contributed by atoms with van der Waals surface area (Å²) in [5.74, 6) is -0.0386. The van der Waals surface area contributed by atoms with Crippen LogP contribution < -0.4 is 10.5 Å². The molecule has 0 aliphatic carbocycles. The van der Waals surface area contributed by atoms with Crippen LogP contribution in [0.5, 0.6) is 5.75 Å². The Labute approximate surface area is 122 Å². The smallest absolute Gasteiger partial charge is 0.284 e. The van der Waals surface area contributed by atoms with Gasteiger partial charge in [0.05, 0.1) is 0 Å². The molecule has 3 nitrogen and oxygen atoms in total. The van der Waals surface area contributed by atoms with E-state index in [1.807, 2.05) is 31.2 Å². The van der Waals surface area contributed by atoms with Crippen LogP contribution in [0, 0.1) is 6.92 Å². The largest absolute Gasteiger partial charge is 0.452 e. The Bertz CT molecular complexity index is 631. The number of carbonyl (C=O) groups is 1. The number of carbonyl (C=O) groups excluding carboxylic acids is 1. The number of rotatable bonds is 4. The molecule has 0 aromatic heterocycles. The minimum atomic E-state index is -0.625. The van der Waals surface area contributed by atoms with Crippen molar-refractivity contribution in [2.45, 2.75) is 6.92 Å². The highest BCUT2D eigenvalue weighted by Gasteiger charge is 2.08. The summed E-state index contributed by atoms with van der Waals surface area (Å²) in [5.41, 5.74) is 7.32. The molecule has 0 fully saturated rings. The lowest BCUT2D eigenvalue weighted by Gasteiger charge is -2.07. The molecule has 0 saturated carbocycles. The van der Waals surface area contributed by atoms with Gasteiger partial charge in [0.25, 0.3) is 5.91 Å². The number of hydrogen-bond acceptors (Lipinski definition) is 2. The molecule has 0 radical (unpaired) electrons. The molecule has 0 atom stereocenters. The van der Waals surface area contributed by atoms with E-state index in [2.05, 4.69) is 0 Å². The van der Waals surface area contributed by atoms with Crippen LogP contribution in [0.3, 0.4) is 0 Å². The van der Waals surface area contributed by atoms with Crippen LogP contribution in [0.2, 0.25) is 5.02 Å². The third-order valence-corrected chi connectivity index (χ3v) is 2.91. The van der Waals surface area contributed by atoms with Gasteiger partial charge >= 0.3 is 0 Å². The molecule has 4 heteroatoms. The second kappa shape index (κ2) is 6.26. The molecule has 0 saturated heterocycles. The first-order chi connectivity index (χ1) is 9.54. The zero-order valence-electron chi connectivity index (χ0n) is 11.0. The number of aryl methyl sites for hydroxylation is 1. The third kappa shape index (κ3) is 3.87. The summed E-state index contributed by atoms with van der Waals surface area (Å²) < 4.78 is 5.49. The molecule has 102 valence electrons. The number of halogens is 1. The van der Waals surface area contributed by atoms with Crippen LogP contribution in [-0.4, -0.2) is 5.91 Å². The van der Waals surface area contributed by atoms with E-state index in [0.717, 1.165) is 11.1 Å². The maximum atomic E-state index is 11.4. The lowest BCUT2D eigenvalue weighted by atomic mass is 10.1. The van der Waals surface area contributed by atoms with E-state index >= 15 is 0 Å². The summed E-state index contributed by atoms with van der Waals surface area (Å²) in [6.07, 6.45) is 1.61. The van der Waals surface area contributed by atoms with Gasteiger partial charge in [-0.1, -0.05) is 41.4 Å². The highest BCUT2D eigenvalue weighted by atomic mass is 35.5. The van der Waals surface area contributed by atoms with Crippen molar-refractivity contribution in [3.63, 3.8) is 0 Å². The summed E-state index contributed by atoms with van der Waals surface area (Å²) in [5, 5.41) is 0.598. The van der Waals surface area contributed by atoms with Gasteiger partial charge in [0.2, 0.25) is 0 Å². The summed E-state index contributed by atoms with van der Waals surface area (Å²) >= 11 is 5.79. The minimum absolute atomic E-state index is 0.0798. The Hall–Kier alpha value is -2.26. The highest BCUT2D eigenvalue weighted by Crippen LogP contribution is 2.19. The second-order valence-electron chi connectivity index (χ2n) is 4.34. The van der Waals surface area contributed by atoms with Crippen LogP contribution >= 0.6 is 11.6 Å². The third-order valence-electron chi connectivity index (χ3n) is 2.66. The van der Waals surface area contributed by atoms with Crippen molar-refractivity contribution in [3.8, 4) is 5.75 Å². The van der Waals surface area contributed by atoms with E-state index < -0.39 is 5.91 Å². The maximum Gasteiger partial charge on any atom is 0.284 e. The van der Waals surface area contributed by atoms with Gasteiger partial charge in [-0.2, -0.15) is 0 Å². The fourth-order valence-corrected chi connectivity index (χ4v) is 1.72. The van der Waals surface area contributed by atoms with Gasteiger partial charge in [-0.15, -0.1) is 0 Å². The van der Waals surface area contributed by atoms with Gasteiger partial charge in [-0.25, -0.2) is 0 Å². The van der Waals surface area contributed by atoms with Gasteiger partial charge < -0.3 is 10.5 Å². The number of benzene rings is 2. The lowest BCUT2D eigenvalue weighted by molar-refractivity contribution is -0.116. The molecule has 2 rings (SSSR count). The van der Waals surface area contributed by atoms with Crippen molar-refractivity contribution in [1.29, 1.82) is 0 Å². The zero-order chi connectivity index (χ0) is 14.5. The van der Waals surface area contributed by atoms with E-state index in [-0.39, 0.29) is 5.76 Å². The molecule has 2 N–H and O–H groups in total. The van der Waals surface area contributed by atoms with Gasteiger partial charge in [0.1, 0.15) is 5.75 Å². The van der Waals surface area contributed by atoms with Crippen molar-refractivity contribution in [3.05, 3.63) is 70.4 Å². The van der Waals surface area contributed by atoms with Gasteiger partial charge in [0, 0.05) is 5.02 Å². The molecule has 20 heavy (non-hydrogen) atoms. The normalized spacial score (nSPS) is 11.2. The number of hydrogen-bond donors (Lipinski definition) is 1. The first-order valence-corrected chi connectivity index (χ1v) is 6.44. The maximum absolute atomic E-state index is 11.4. The molecule has 0 bridgehead atoms. The van der Waals surface area contributed by atoms with E-state index in [9.17, 15) is 4.79 Å². The van der Waals surface area contributed by atoms with Crippen LogP contribution in [0.15, 0.2) is 54.3 Å². The van der Waals surface area contributed by atoms with Crippen LogP contribution in [0.1, 0.15) is 11.1 Å². The first kappa shape index (κ1) is 14.2. The molecular weight excluding hydrogens is 274 g/mol. The average Bonchev–Trinajstić information content (AvgIpc) is 2.42. The van der Waals surface area contributed by atoms with Crippen LogP contribution in [0.25, 0.3) is 6.08 Å². The molecule has 0 unspecified atom stereocenters. The molecule has 0 aliphatic heterocycles. The minimum Gasteiger partial charge on any atom is -0.452 e. The van der Waals surface area contributed by atoms with Crippen molar-refractivity contribution in [2.24, 2.45) is 5.73 Å². The summed E-state index contributed by atoms with van der Waals surface area (Å²) in [4.78, 5) is 11.4. The van der Waals surface area contributed by atoms with E-state index in [1.165, 1.54) is 0 Å². The summed E-state index contributed by atoms with van der Waals surface area (Å²) in [6, 6.07) is 14.4. The lowest BCUT2D eigenvalue weighted by Crippen LogP contribution is -2.18. The molecule has 0 spiro atoms. The van der Waals surface area contributed by atoms with Crippen LogP contribution in [0.4, 0.5) is 0 Å². The molecule has 2 aromatic carbocycles. The Morgan fingerprint density at radius 3 is 2.25 bits per heavy atom. The zero-order valence-corrected chi connectivity index (χ0v) is 11.7. The number of amides is 1. The first-order valence-electron chi connectivity index (χ1n) is 6.06. The average molecular weight is 288 g/mol. The summed E-state index contributed by atoms with van der Waals surface area (Å²) in [7, 11) is 0. The number of nitrogens with two attached hydrogens (primary N) is 1. The van der Waals surface area contributed by atoms with E-state index in [1.54, 1.807) is 30.3 Å². The topological polar surface area (TPSA) is 52.3 Å². The molecule has 1 amide bonds. The van der Waals surface area contributed by atoms with Crippen molar-refractivity contribution < 1.29 is 9.53 Å². The Kier molecular flexibility index (Phi) is 4.43. The van der Waals surface area contributed by atoms with Gasteiger partial charge in [0.15, 0.2) is 5.76 Å².